The third kappa shape index (κ3) is 7.40. The Balaban J connectivity index is 0.00000180. The minimum atomic E-state index is -4.41. The van der Waals surface area contributed by atoms with Crippen LogP contribution in [0, 0.1) is 5.92 Å². The van der Waals surface area contributed by atoms with Gasteiger partial charge in [0, 0.05) is 36.9 Å². The number of piperidine rings is 2. The van der Waals surface area contributed by atoms with Crippen LogP contribution in [0.15, 0.2) is 28.9 Å². The monoisotopic (exact) mass is 627 g/mol. The highest BCUT2D eigenvalue weighted by molar-refractivity contribution is 7.89. The van der Waals surface area contributed by atoms with Gasteiger partial charge in [-0.1, -0.05) is 19.0 Å². The van der Waals surface area contributed by atoms with Crippen LogP contribution in [-0.2, 0) is 27.5 Å². The van der Waals surface area contributed by atoms with Gasteiger partial charge in [-0.3, -0.25) is 14.7 Å². The highest BCUT2D eigenvalue weighted by Gasteiger charge is 2.47. The maximum absolute atomic E-state index is 13.5. The second kappa shape index (κ2) is 13.2. The van der Waals surface area contributed by atoms with Gasteiger partial charge in [0.2, 0.25) is 10.0 Å². The highest BCUT2D eigenvalue weighted by Crippen LogP contribution is 2.39. The molecule has 0 spiro atoms. The number of rotatable bonds is 8. The molecule has 4 aliphatic rings. The average molecular weight is 628 g/mol. The number of carbonyl (C=O) groups is 1. The molecule has 0 radical (unpaired) electrons. The Hall–Kier alpha value is -2.55. The normalized spacial score (nSPS) is 25.6. The molecule has 4 fully saturated rings. The lowest BCUT2D eigenvalue weighted by Gasteiger charge is -2.39. The van der Waals surface area contributed by atoms with Crippen LogP contribution in [0.4, 0.5) is 13.2 Å². The molecule has 6 rings (SSSR count). The van der Waals surface area contributed by atoms with Crippen molar-refractivity contribution in [2.24, 2.45) is 5.92 Å². The first kappa shape index (κ1) is 31.9. The quantitative estimate of drug-likeness (QED) is 0.463. The van der Waals surface area contributed by atoms with Crippen LogP contribution < -0.4 is 5.32 Å². The predicted molar refractivity (Wildman–Crippen MR) is 152 cm³/mol. The van der Waals surface area contributed by atoms with E-state index in [4.69, 9.17) is 9.26 Å². The Kier molecular flexibility index (Phi) is 9.79. The lowest BCUT2D eigenvalue weighted by Crippen LogP contribution is -2.53. The summed E-state index contributed by atoms with van der Waals surface area (Å²) in [4.78, 5) is 18.8. The Bertz CT molecular complexity index is 1330. The van der Waals surface area contributed by atoms with Gasteiger partial charge in [-0.05, 0) is 69.7 Å². The van der Waals surface area contributed by atoms with Crippen molar-refractivity contribution in [3.63, 3.8) is 0 Å². The number of fused-ring (bicyclic) bond motifs is 2. The highest BCUT2D eigenvalue weighted by atomic mass is 32.2. The summed E-state index contributed by atoms with van der Waals surface area (Å²) in [7, 11) is -3.48. The summed E-state index contributed by atoms with van der Waals surface area (Å²) in [6.45, 7) is 6.89. The zero-order valence-electron chi connectivity index (χ0n) is 24.6. The Labute approximate surface area is 250 Å². The van der Waals surface area contributed by atoms with Crippen LogP contribution in [0.3, 0.4) is 0 Å². The summed E-state index contributed by atoms with van der Waals surface area (Å²) in [5.74, 6) is 0.590. The zero-order chi connectivity index (χ0) is 30.8. The first-order valence-corrected chi connectivity index (χ1v) is 16.8. The molecule has 14 heteroatoms. The molecule has 2 aromatic rings. The van der Waals surface area contributed by atoms with E-state index < -0.39 is 21.8 Å². The lowest BCUT2D eigenvalue weighted by molar-refractivity contribution is -0.137. The summed E-state index contributed by atoms with van der Waals surface area (Å²) >= 11 is 0. The summed E-state index contributed by atoms with van der Waals surface area (Å²) in [6.07, 6.45) is 0.555. The Morgan fingerprint density at radius 2 is 1.74 bits per heavy atom. The van der Waals surface area contributed by atoms with E-state index in [1.54, 1.807) is 10.4 Å². The van der Waals surface area contributed by atoms with Crippen LogP contribution in [0.5, 0.6) is 0 Å². The van der Waals surface area contributed by atoms with Crippen LogP contribution in [0.2, 0.25) is 0 Å². The van der Waals surface area contributed by atoms with E-state index in [9.17, 15) is 26.4 Å². The fraction of sp³-hybridized carbons (Fsp3) is 0.690. The van der Waals surface area contributed by atoms with Gasteiger partial charge in [-0.25, -0.2) is 8.42 Å². The van der Waals surface area contributed by atoms with E-state index in [-0.39, 0.29) is 47.3 Å². The maximum Gasteiger partial charge on any atom is 0.417 e. The number of amides is 1. The van der Waals surface area contributed by atoms with Crippen molar-refractivity contribution in [3.8, 4) is 0 Å². The van der Waals surface area contributed by atoms with Crippen LogP contribution >= 0.6 is 0 Å². The number of hydrogen-bond donors (Lipinski definition) is 1. The first-order chi connectivity index (χ1) is 20.5. The van der Waals surface area contributed by atoms with Gasteiger partial charge in [-0.2, -0.15) is 17.5 Å². The molecule has 0 aliphatic carbocycles. The number of nitrogens with one attached hydrogen (secondary N) is 1. The van der Waals surface area contributed by atoms with Gasteiger partial charge in [0.05, 0.1) is 36.1 Å². The molecular formula is C29H40F3N5O5S. The van der Waals surface area contributed by atoms with E-state index in [1.165, 1.54) is 6.07 Å². The number of likely N-dealkylation sites (tertiary alicyclic amines) is 1. The smallest absolute Gasteiger partial charge is 0.380 e. The standard InChI is InChI=1S/C27H34F3N5O5S.C2H6/c28-27(29,30)19-1-2-20(31-12-19)13-34-7-5-17(6-8-34)16-41(37,38)35-22-3-4-23(35)10-21(9-22)32-26(36)24-11-25(40-33-24)18-14-39-15-18;1-2/h1-2,11-12,17-18,21-23H,3-10,13-16H2,(H,32,36);1-2H3. The van der Waals surface area contributed by atoms with Gasteiger partial charge in [-0.15, -0.1) is 0 Å². The predicted octanol–water partition coefficient (Wildman–Crippen LogP) is 4.20. The van der Waals surface area contributed by atoms with E-state index in [0.717, 1.165) is 25.1 Å². The van der Waals surface area contributed by atoms with Crippen molar-refractivity contribution in [2.75, 3.05) is 32.1 Å². The molecule has 10 nitrogen and oxygen atoms in total. The molecule has 43 heavy (non-hydrogen) atoms. The molecule has 1 N–H and O–H groups in total. The molecule has 2 unspecified atom stereocenters. The Morgan fingerprint density at radius 1 is 1.07 bits per heavy atom. The van der Waals surface area contributed by atoms with Crippen molar-refractivity contribution >= 4 is 15.9 Å². The Morgan fingerprint density at radius 3 is 2.30 bits per heavy atom. The average Bonchev–Trinajstić information content (AvgIpc) is 3.53. The number of ether oxygens (including phenoxy) is 1. The minimum absolute atomic E-state index is 0.0241. The molecule has 0 saturated carbocycles. The molecule has 4 saturated heterocycles. The lowest BCUT2D eigenvalue weighted by atomic mass is 9.99. The van der Waals surface area contributed by atoms with E-state index >= 15 is 0 Å². The molecule has 1 amide bonds. The number of hydrogen-bond acceptors (Lipinski definition) is 8. The van der Waals surface area contributed by atoms with Gasteiger partial charge >= 0.3 is 6.18 Å². The number of alkyl halides is 3. The number of sulfonamides is 1. The number of carbonyl (C=O) groups excluding carboxylic acids is 1. The van der Waals surface area contributed by atoms with Gasteiger partial charge in [0.15, 0.2) is 5.69 Å². The van der Waals surface area contributed by atoms with Crippen molar-refractivity contribution in [2.45, 2.75) is 89.1 Å². The van der Waals surface area contributed by atoms with Gasteiger partial charge < -0.3 is 14.6 Å². The van der Waals surface area contributed by atoms with Crippen molar-refractivity contribution in [3.05, 3.63) is 47.1 Å². The summed E-state index contributed by atoms with van der Waals surface area (Å²) < 4.78 is 77.6. The fourth-order valence-electron chi connectivity index (χ4n) is 6.56. The van der Waals surface area contributed by atoms with Crippen LogP contribution in [-0.4, -0.2) is 83.9 Å². The third-order valence-electron chi connectivity index (χ3n) is 8.82. The van der Waals surface area contributed by atoms with Crippen LogP contribution in [0.1, 0.15) is 85.8 Å². The number of halogens is 3. The minimum Gasteiger partial charge on any atom is -0.380 e. The van der Waals surface area contributed by atoms with Crippen molar-refractivity contribution < 1.29 is 35.6 Å². The van der Waals surface area contributed by atoms with E-state index in [1.807, 2.05) is 13.8 Å². The maximum atomic E-state index is 13.5. The SMILES string of the molecule is CC.O=C(NC1CC2CCC(C1)N2S(=O)(=O)CC1CCN(Cc2ccc(C(F)(F)F)cn2)CC1)c1cc(C2COC2)on1. The van der Waals surface area contributed by atoms with Gasteiger partial charge in [0.25, 0.3) is 5.91 Å². The summed E-state index contributed by atoms with van der Waals surface area (Å²) in [6, 6.07) is 3.71. The number of nitrogens with zero attached hydrogens (tertiary/aromatic N) is 4. The van der Waals surface area contributed by atoms with Crippen molar-refractivity contribution in [1.29, 1.82) is 0 Å². The summed E-state index contributed by atoms with van der Waals surface area (Å²) in [5.41, 5.74) is 0.0246. The topological polar surface area (TPSA) is 118 Å². The van der Waals surface area contributed by atoms with E-state index in [0.29, 0.717) is 70.0 Å². The summed E-state index contributed by atoms with van der Waals surface area (Å²) in [5, 5.41) is 6.93. The number of pyridine rings is 1. The second-order valence-electron chi connectivity index (χ2n) is 11.7. The van der Waals surface area contributed by atoms with E-state index in [2.05, 4.69) is 20.4 Å². The fourth-order valence-corrected chi connectivity index (χ4v) is 8.96. The van der Waals surface area contributed by atoms with Crippen LogP contribution in [0.25, 0.3) is 0 Å². The largest absolute Gasteiger partial charge is 0.417 e. The zero-order valence-corrected chi connectivity index (χ0v) is 25.4. The molecule has 2 bridgehead atoms. The van der Waals surface area contributed by atoms with Gasteiger partial charge in [0.1, 0.15) is 5.76 Å². The molecule has 2 atom stereocenters. The van der Waals surface area contributed by atoms with Crippen molar-refractivity contribution in [1.82, 2.24) is 24.7 Å². The molecule has 0 aromatic carbocycles. The molecule has 6 heterocycles. The molecule has 2 aromatic heterocycles. The molecule has 238 valence electrons. The molecule has 4 aliphatic heterocycles. The molecular weight excluding hydrogens is 587 g/mol. The third-order valence-corrected chi connectivity index (χ3v) is 10.9. The first-order valence-electron chi connectivity index (χ1n) is 15.2. The number of aromatic nitrogens is 2. The second-order valence-corrected chi connectivity index (χ2v) is 13.7.